The first kappa shape index (κ1) is 27.8. The SMILES string of the molecule is OC(COc1ccc(Cl)c(Cl)c1)CN1CCN(CCCC(c2ccc(F)cc2)c2ccc(F)cc2)CC1. The molecule has 198 valence electrons. The Balaban J connectivity index is 1.20. The molecule has 0 aromatic heterocycles. The Morgan fingerprint density at radius 3 is 1.92 bits per heavy atom. The van der Waals surface area contributed by atoms with Crippen molar-refractivity contribution in [2.24, 2.45) is 0 Å². The zero-order valence-electron chi connectivity index (χ0n) is 20.6. The van der Waals surface area contributed by atoms with Gasteiger partial charge in [-0.25, -0.2) is 8.78 Å². The fourth-order valence-corrected chi connectivity index (χ4v) is 5.03. The van der Waals surface area contributed by atoms with Gasteiger partial charge in [-0.1, -0.05) is 47.5 Å². The molecule has 0 radical (unpaired) electrons. The summed E-state index contributed by atoms with van der Waals surface area (Å²) in [6.07, 6.45) is 1.26. The maximum Gasteiger partial charge on any atom is 0.123 e. The molecular formula is C29H32Cl2F2N2O2. The zero-order valence-corrected chi connectivity index (χ0v) is 22.1. The van der Waals surface area contributed by atoms with Crippen LogP contribution in [0.15, 0.2) is 66.7 Å². The molecule has 3 aromatic carbocycles. The largest absolute Gasteiger partial charge is 0.491 e. The molecule has 4 nitrogen and oxygen atoms in total. The Labute approximate surface area is 227 Å². The number of nitrogens with zero attached hydrogens (tertiary/aromatic N) is 2. The Hall–Kier alpha value is -2.22. The molecule has 4 rings (SSSR count). The van der Waals surface area contributed by atoms with Crippen molar-refractivity contribution in [3.8, 4) is 5.75 Å². The minimum atomic E-state index is -0.604. The fraction of sp³-hybridized carbons (Fsp3) is 0.379. The van der Waals surface area contributed by atoms with Crippen LogP contribution in [0.3, 0.4) is 0 Å². The van der Waals surface area contributed by atoms with Crippen molar-refractivity contribution in [2.45, 2.75) is 24.9 Å². The average molecular weight is 549 g/mol. The van der Waals surface area contributed by atoms with Crippen LogP contribution in [0.1, 0.15) is 29.9 Å². The summed E-state index contributed by atoms with van der Waals surface area (Å²) in [5.74, 6) is 0.155. The smallest absolute Gasteiger partial charge is 0.123 e. The van der Waals surface area contributed by atoms with Gasteiger partial charge in [-0.05, 0) is 66.9 Å². The normalized spacial score (nSPS) is 15.7. The highest BCUT2D eigenvalue weighted by Crippen LogP contribution is 2.30. The topological polar surface area (TPSA) is 35.9 Å². The first-order chi connectivity index (χ1) is 17.9. The van der Waals surface area contributed by atoms with E-state index < -0.39 is 6.10 Å². The molecule has 1 aliphatic rings. The molecule has 1 aliphatic heterocycles. The van der Waals surface area contributed by atoms with Gasteiger partial charge < -0.3 is 14.7 Å². The van der Waals surface area contributed by atoms with E-state index in [1.807, 2.05) is 24.3 Å². The van der Waals surface area contributed by atoms with Crippen LogP contribution < -0.4 is 4.74 Å². The lowest BCUT2D eigenvalue weighted by molar-refractivity contribution is 0.0458. The van der Waals surface area contributed by atoms with Crippen LogP contribution in [0.25, 0.3) is 0 Å². The van der Waals surface area contributed by atoms with Gasteiger partial charge in [0.2, 0.25) is 0 Å². The predicted octanol–water partition coefficient (Wildman–Crippen LogP) is 6.24. The van der Waals surface area contributed by atoms with E-state index in [0.29, 0.717) is 22.3 Å². The summed E-state index contributed by atoms with van der Waals surface area (Å²) in [7, 11) is 0. The molecule has 0 aliphatic carbocycles. The second-order valence-corrected chi connectivity index (χ2v) is 10.3. The monoisotopic (exact) mass is 548 g/mol. The van der Waals surface area contributed by atoms with Crippen LogP contribution in [-0.4, -0.2) is 66.9 Å². The summed E-state index contributed by atoms with van der Waals surface area (Å²) >= 11 is 11.9. The van der Waals surface area contributed by atoms with E-state index in [4.69, 9.17) is 27.9 Å². The number of aliphatic hydroxyl groups excluding tert-OH is 1. The molecule has 1 atom stereocenters. The number of benzene rings is 3. The lowest BCUT2D eigenvalue weighted by Crippen LogP contribution is -2.49. The Kier molecular flexibility index (Phi) is 10.2. The lowest BCUT2D eigenvalue weighted by Gasteiger charge is -2.35. The predicted molar refractivity (Wildman–Crippen MR) is 145 cm³/mol. The van der Waals surface area contributed by atoms with Gasteiger partial charge in [0.15, 0.2) is 0 Å². The second kappa shape index (κ2) is 13.5. The van der Waals surface area contributed by atoms with Crippen LogP contribution in [0.4, 0.5) is 8.78 Å². The van der Waals surface area contributed by atoms with Gasteiger partial charge in [0.05, 0.1) is 10.0 Å². The highest BCUT2D eigenvalue weighted by molar-refractivity contribution is 6.42. The van der Waals surface area contributed by atoms with E-state index in [-0.39, 0.29) is 24.2 Å². The van der Waals surface area contributed by atoms with Crippen LogP contribution >= 0.6 is 23.2 Å². The molecule has 1 N–H and O–H groups in total. The molecule has 1 heterocycles. The zero-order chi connectivity index (χ0) is 26.2. The highest BCUT2D eigenvalue weighted by Gasteiger charge is 2.21. The minimum Gasteiger partial charge on any atom is -0.491 e. The van der Waals surface area contributed by atoms with E-state index in [2.05, 4.69) is 9.80 Å². The lowest BCUT2D eigenvalue weighted by atomic mass is 9.87. The van der Waals surface area contributed by atoms with Gasteiger partial charge in [-0.3, -0.25) is 4.90 Å². The third-order valence-corrected chi connectivity index (χ3v) is 7.52. The summed E-state index contributed by atoms with van der Waals surface area (Å²) in [4.78, 5) is 4.68. The molecule has 8 heteroatoms. The molecule has 37 heavy (non-hydrogen) atoms. The molecule has 3 aromatic rings. The van der Waals surface area contributed by atoms with E-state index in [0.717, 1.165) is 56.7 Å². The molecule has 0 saturated carbocycles. The molecule has 0 amide bonds. The number of aliphatic hydroxyl groups is 1. The summed E-state index contributed by atoms with van der Waals surface area (Å²) in [6, 6.07) is 18.2. The number of halogens is 4. The van der Waals surface area contributed by atoms with Crippen molar-refractivity contribution >= 4 is 23.2 Å². The van der Waals surface area contributed by atoms with E-state index in [1.165, 1.54) is 24.3 Å². The molecule has 1 unspecified atom stereocenters. The van der Waals surface area contributed by atoms with Gasteiger partial charge in [0.1, 0.15) is 30.1 Å². The van der Waals surface area contributed by atoms with Crippen molar-refractivity contribution < 1.29 is 18.6 Å². The molecular weight excluding hydrogens is 517 g/mol. The molecule has 1 fully saturated rings. The van der Waals surface area contributed by atoms with Crippen molar-refractivity contribution in [3.63, 3.8) is 0 Å². The highest BCUT2D eigenvalue weighted by atomic mass is 35.5. The maximum atomic E-state index is 13.5. The number of hydrogen-bond donors (Lipinski definition) is 1. The molecule has 0 bridgehead atoms. The first-order valence-electron chi connectivity index (χ1n) is 12.6. The summed E-state index contributed by atoms with van der Waals surface area (Å²) in [5.41, 5.74) is 2.07. The van der Waals surface area contributed by atoms with Crippen molar-refractivity contribution in [2.75, 3.05) is 45.9 Å². The summed E-state index contributed by atoms with van der Waals surface area (Å²) in [6.45, 7) is 5.30. The van der Waals surface area contributed by atoms with E-state index >= 15 is 0 Å². The summed E-state index contributed by atoms with van der Waals surface area (Å²) < 4.78 is 32.6. The van der Waals surface area contributed by atoms with Crippen LogP contribution in [0.5, 0.6) is 5.75 Å². The van der Waals surface area contributed by atoms with Crippen molar-refractivity contribution in [1.29, 1.82) is 0 Å². The summed E-state index contributed by atoms with van der Waals surface area (Å²) in [5, 5.41) is 11.3. The first-order valence-corrected chi connectivity index (χ1v) is 13.3. The third-order valence-electron chi connectivity index (χ3n) is 6.78. The van der Waals surface area contributed by atoms with E-state index in [9.17, 15) is 13.9 Å². The van der Waals surface area contributed by atoms with Crippen molar-refractivity contribution in [3.05, 3.63) is 99.5 Å². The van der Waals surface area contributed by atoms with Gasteiger partial charge in [0.25, 0.3) is 0 Å². The van der Waals surface area contributed by atoms with Gasteiger partial charge in [0, 0.05) is 44.7 Å². The maximum absolute atomic E-state index is 13.5. The molecule has 0 spiro atoms. The Morgan fingerprint density at radius 2 is 1.35 bits per heavy atom. The van der Waals surface area contributed by atoms with Gasteiger partial charge >= 0.3 is 0 Å². The van der Waals surface area contributed by atoms with Gasteiger partial charge in [-0.15, -0.1) is 0 Å². The second-order valence-electron chi connectivity index (χ2n) is 9.48. The van der Waals surface area contributed by atoms with Crippen molar-refractivity contribution in [1.82, 2.24) is 9.80 Å². The van der Waals surface area contributed by atoms with Crippen LogP contribution in [-0.2, 0) is 0 Å². The number of β-amino-alcohol motifs (C(OH)–C–C–N with tert-alkyl or cyclic N) is 1. The number of hydrogen-bond acceptors (Lipinski definition) is 4. The minimum absolute atomic E-state index is 0.0909. The average Bonchev–Trinajstić information content (AvgIpc) is 2.90. The quantitative estimate of drug-likeness (QED) is 0.307. The molecule has 1 saturated heterocycles. The van der Waals surface area contributed by atoms with Crippen LogP contribution in [0, 0.1) is 11.6 Å². The number of ether oxygens (including phenoxy) is 1. The van der Waals surface area contributed by atoms with Gasteiger partial charge in [-0.2, -0.15) is 0 Å². The number of rotatable bonds is 11. The number of piperazine rings is 1. The third kappa shape index (κ3) is 8.39. The van der Waals surface area contributed by atoms with E-state index in [1.54, 1.807) is 18.2 Å². The Morgan fingerprint density at radius 1 is 0.784 bits per heavy atom. The standard InChI is InChI=1S/C29H32Cl2F2N2O2/c30-28-12-11-26(18-29(28)31)37-20-25(36)19-35-16-14-34(15-17-35)13-1-2-27(21-3-7-23(32)8-4-21)22-5-9-24(33)10-6-22/h3-12,18,25,27,36H,1-2,13-17,19-20H2. The van der Waals surface area contributed by atoms with Crippen LogP contribution in [0.2, 0.25) is 10.0 Å². The Bertz CT molecular complexity index is 1080. The fourth-order valence-electron chi connectivity index (χ4n) is 4.74.